The van der Waals surface area contributed by atoms with Gasteiger partial charge in [0.1, 0.15) is 24.4 Å². The third kappa shape index (κ3) is 57.1. The number of esters is 1. The standard InChI is InChI=1S/C80H145NO10/c1-3-5-7-9-11-13-15-16-17-42-45-48-52-56-60-64-68-76(85)89-69-65-61-57-53-49-46-43-40-38-36-34-32-30-28-26-24-22-20-18-19-21-23-25-27-29-31-33-35-37-39-41-44-47-51-55-59-63-67-75(84)81-72(71-90-80-79(88)78(87)77(86)74(70-82)91-80)73(83)66-62-58-54-50-14-12-10-8-6-4-2/h6,8,14,17-18,20,24,26,42,50,62,66,72-74,77-80,82-83,86-88H,3-5,7,9-13,15-16,19,21-23,25,27-41,43-49,51-61,63-65,67-71H2,1-2H3,(H,81,84)/b8-6+,20-18-,26-24-,42-17-,50-14+,66-62+. The molecule has 0 aromatic rings. The molecule has 0 aliphatic carbocycles. The van der Waals surface area contributed by atoms with Crippen molar-refractivity contribution in [3.05, 3.63) is 72.9 Å². The lowest BCUT2D eigenvalue weighted by atomic mass is 9.99. The molecule has 7 unspecified atom stereocenters. The molecule has 1 aliphatic heterocycles. The zero-order valence-corrected chi connectivity index (χ0v) is 59.1. The fourth-order valence-electron chi connectivity index (χ4n) is 12.0. The second-order valence-electron chi connectivity index (χ2n) is 26.6. The monoisotopic (exact) mass is 1280 g/mol. The molecule has 11 nitrogen and oxygen atoms in total. The van der Waals surface area contributed by atoms with E-state index in [2.05, 4.69) is 79.9 Å². The lowest BCUT2D eigenvalue weighted by molar-refractivity contribution is -0.302. The van der Waals surface area contributed by atoms with E-state index < -0.39 is 49.5 Å². The summed E-state index contributed by atoms with van der Waals surface area (Å²) in [7, 11) is 0. The van der Waals surface area contributed by atoms with Gasteiger partial charge in [0.25, 0.3) is 0 Å². The first-order valence-corrected chi connectivity index (χ1v) is 38.7. The molecule has 1 amide bonds. The molecule has 530 valence electrons. The smallest absolute Gasteiger partial charge is 0.305 e. The van der Waals surface area contributed by atoms with E-state index in [-0.39, 0.29) is 18.5 Å². The minimum atomic E-state index is -1.58. The van der Waals surface area contributed by atoms with Crippen molar-refractivity contribution in [3.63, 3.8) is 0 Å². The van der Waals surface area contributed by atoms with Gasteiger partial charge in [-0.25, -0.2) is 0 Å². The van der Waals surface area contributed by atoms with Crippen LogP contribution in [0.15, 0.2) is 72.9 Å². The SMILES string of the molecule is CC/C=C/CC/C=C/CC/C=C/C(O)C(COC1OC(CO)C(O)C(O)C1O)NC(=O)CCCCCCCCCCCCCCCCCCC/C=C\C/C=C\CCCCCCCCCCCCCCCOC(=O)CCCCCCC/C=C\CCCCCCCCC. The summed E-state index contributed by atoms with van der Waals surface area (Å²) in [5.74, 6) is -0.191. The maximum Gasteiger partial charge on any atom is 0.305 e. The van der Waals surface area contributed by atoms with Crippen molar-refractivity contribution < 1.29 is 49.3 Å². The van der Waals surface area contributed by atoms with Crippen LogP contribution >= 0.6 is 0 Å². The first-order chi connectivity index (χ1) is 44.7. The number of nitrogens with one attached hydrogen (secondary N) is 1. The molecule has 1 saturated heterocycles. The van der Waals surface area contributed by atoms with Crippen molar-refractivity contribution in [2.75, 3.05) is 19.8 Å². The lowest BCUT2D eigenvalue weighted by Gasteiger charge is -2.40. The third-order valence-electron chi connectivity index (χ3n) is 18.0. The summed E-state index contributed by atoms with van der Waals surface area (Å²) in [6, 6.07) is -0.833. The molecule has 1 fully saturated rings. The molecule has 0 spiro atoms. The number of hydrogen-bond acceptors (Lipinski definition) is 10. The minimum Gasteiger partial charge on any atom is -0.466 e. The number of rotatable bonds is 68. The fourth-order valence-corrected chi connectivity index (χ4v) is 12.0. The van der Waals surface area contributed by atoms with Crippen LogP contribution in [0.5, 0.6) is 0 Å². The number of unbranched alkanes of at least 4 members (excludes halogenated alkanes) is 44. The number of carbonyl (C=O) groups excluding carboxylic acids is 2. The van der Waals surface area contributed by atoms with Gasteiger partial charge in [-0.15, -0.1) is 0 Å². The second-order valence-corrected chi connectivity index (χ2v) is 26.6. The van der Waals surface area contributed by atoms with E-state index in [4.69, 9.17) is 14.2 Å². The summed E-state index contributed by atoms with van der Waals surface area (Å²) in [6.45, 7) is 4.22. The highest BCUT2D eigenvalue weighted by Gasteiger charge is 2.44. The van der Waals surface area contributed by atoms with Crippen molar-refractivity contribution >= 4 is 11.9 Å². The maximum atomic E-state index is 13.0. The number of hydrogen-bond donors (Lipinski definition) is 6. The summed E-state index contributed by atoms with van der Waals surface area (Å²) < 4.78 is 16.7. The Labute approximate surface area is 560 Å². The molecule has 7 atom stereocenters. The zero-order valence-electron chi connectivity index (χ0n) is 59.1. The van der Waals surface area contributed by atoms with Gasteiger partial charge in [0, 0.05) is 12.8 Å². The van der Waals surface area contributed by atoms with Crippen LogP contribution in [0.1, 0.15) is 361 Å². The van der Waals surface area contributed by atoms with Crippen LogP contribution in [0.25, 0.3) is 0 Å². The predicted molar refractivity (Wildman–Crippen MR) is 384 cm³/mol. The largest absolute Gasteiger partial charge is 0.466 e. The molecular weight excluding hydrogens is 1130 g/mol. The molecule has 1 heterocycles. The van der Waals surface area contributed by atoms with E-state index in [1.54, 1.807) is 6.08 Å². The highest BCUT2D eigenvalue weighted by atomic mass is 16.7. The molecule has 91 heavy (non-hydrogen) atoms. The van der Waals surface area contributed by atoms with Crippen LogP contribution < -0.4 is 5.32 Å². The van der Waals surface area contributed by atoms with Crippen molar-refractivity contribution in [3.8, 4) is 0 Å². The molecule has 0 aromatic heterocycles. The van der Waals surface area contributed by atoms with Gasteiger partial charge in [-0.2, -0.15) is 0 Å². The van der Waals surface area contributed by atoms with E-state index in [0.717, 1.165) is 77.0 Å². The van der Waals surface area contributed by atoms with Gasteiger partial charge < -0.3 is 45.1 Å². The first kappa shape index (κ1) is 86.1. The molecular formula is C80H145NO10. The zero-order chi connectivity index (χ0) is 65.8. The fraction of sp³-hybridized carbons (Fsp3) is 0.825. The Kier molecular flexibility index (Phi) is 64.8. The predicted octanol–water partition coefficient (Wildman–Crippen LogP) is 20.6. The van der Waals surface area contributed by atoms with Crippen LogP contribution in [0.3, 0.4) is 0 Å². The molecule has 0 radical (unpaired) electrons. The number of allylic oxidation sites excluding steroid dienone is 11. The van der Waals surface area contributed by atoms with E-state index in [0.29, 0.717) is 19.4 Å². The average molecular weight is 1280 g/mol. The highest BCUT2D eigenvalue weighted by Crippen LogP contribution is 2.23. The van der Waals surface area contributed by atoms with Crippen LogP contribution in [0, 0.1) is 0 Å². The summed E-state index contributed by atoms with van der Waals surface area (Å²) in [4.78, 5) is 25.1. The Morgan fingerprint density at radius 1 is 0.418 bits per heavy atom. The number of ether oxygens (including phenoxy) is 3. The van der Waals surface area contributed by atoms with Gasteiger partial charge in [0.2, 0.25) is 5.91 Å². The topological polar surface area (TPSA) is 175 Å². The van der Waals surface area contributed by atoms with Crippen molar-refractivity contribution in [2.24, 2.45) is 0 Å². The van der Waals surface area contributed by atoms with Crippen LogP contribution in [0.4, 0.5) is 0 Å². The highest BCUT2D eigenvalue weighted by molar-refractivity contribution is 5.76. The number of aliphatic hydroxyl groups is 5. The lowest BCUT2D eigenvalue weighted by Crippen LogP contribution is -2.60. The first-order valence-electron chi connectivity index (χ1n) is 38.7. The van der Waals surface area contributed by atoms with E-state index >= 15 is 0 Å². The Balaban J connectivity index is 1.89. The normalized spacial score (nSPS) is 18.0. The minimum absolute atomic E-state index is 0.00479. The maximum absolute atomic E-state index is 13.0. The summed E-state index contributed by atoms with van der Waals surface area (Å²) in [5, 5.41) is 54.3. The van der Waals surface area contributed by atoms with E-state index in [1.165, 1.54) is 257 Å². The summed E-state index contributed by atoms with van der Waals surface area (Å²) in [5.41, 5.74) is 0. The van der Waals surface area contributed by atoms with E-state index in [9.17, 15) is 35.1 Å². The Bertz CT molecular complexity index is 1740. The average Bonchev–Trinajstić information content (AvgIpc) is 1.35. The molecule has 0 saturated carbocycles. The third-order valence-corrected chi connectivity index (χ3v) is 18.0. The van der Waals surface area contributed by atoms with E-state index in [1.807, 2.05) is 6.08 Å². The number of aliphatic hydroxyl groups excluding tert-OH is 5. The Morgan fingerprint density at radius 2 is 0.780 bits per heavy atom. The quantitative estimate of drug-likeness (QED) is 0.0195. The van der Waals surface area contributed by atoms with Gasteiger partial charge in [0.15, 0.2) is 6.29 Å². The Hall–Kier alpha value is -2.90. The van der Waals surface area contributed by atoms with Crippen molar-refractivity contribution in [1.29, 1.82) is 0 Å². The van der Waals surface area contributed by atoms with Gasteiger partial charge >= 0.3 is 5.97 Å². The molecule has 0 bridgehead atoms. The second kappa shape index (κ2) is 68.5. The van der Waals surface area contributed by atoms with Crippen molar-refractivity contribution in [1.82, 2.24) is 5.32 Å². The van der Waals surface area contributed by atoms with Crippen LogP contribution in [-0.4, -0.2) is 100 Å². The molecule has 0 aromatic carbocycles. The molecule has 6 N–H and O–H groups in total. The van der Waals surface area contributed by atoms with Gasteiger partial charge in [-0.1, -0.05) is 311 Å². The molecule has 1 rings (SSSR count). The van der Waals surface area contributed by atoms with Crippen LogP contribution in [-0.2, 0) is 23.8 Å². The van der Waals surface area contributed by atoms with Gasteiger partial charge in [-0.3, -0.25) is 9.59 Å². The van der Waals surface area contributed by atoms with Gasteiger partial charge in [0.05, 0.1) is 32.0 Å². The summed E-state index contributed by atoms with van der Waals surface area (Å²) in [6.07, 6.45) is 83.8. The number of carbonyl (C=O) groups is 2. The Morgan fingerprint density at radius 3 is 1.21 bits per heavy atom. The van der Waals surface area contributed by atoms with Crippen molar-refractivity contribution in [2.45, 2.75) is 403 Å². The molecule has 11 heteroatoms. The van der Waals surface area contributed by atoms with Gasteiger partial charge in [-0.05, 0) is 109 Å². The molecule has 1 aliphatic rings. The summed E-state index contributed by atoms with van der Waals surface area (Å²) >= 11 is 0. The van der Waals surface area contributed by atoms with Crippen LogP contribution in [0.2, 0.25) is 0 Å². The number of amides is 1.